The summed E-state index contributed by atoms with van der Waals surface area (Å²) in [5.41, 5.74) is 2.96. The Morgan fingerprint density at radius 1 is 1.05 bits per heavy atom. The van der Waals surface area contributed by atoms with E-state index in [1.807, 2.05) is 31.3 Å². The van der Waals surface area contributed by atoms with Crippen LogP contribution in [0.4, 0.5) is 20.2 Å². The summed E-state index contributed by atoms with van der Waals surface area (Å²) in [5.74, 6) is -1.24. The average molecular weight is 364 g/mol. The van der Waals surface area contributed by atoms with Crippen molar-refractivity contribution >= 4 is 27.3 Å². The molecular weight excluding hydrogens is 352 g/mol. The highest BCUT2D eigenvalue weighted by molar-refractivity contribution is 9.10. The molecule has 0 fully saturated rings. The number of halogens is 3. The molecule has 0 aliphatic heterocycles. The van der Waals surface area contributed by atoms with Crippen LogP contribution >= 0.6 is 15.9 Å². The van der Waals surface area contributed by atoms with Crippen LogP contribution in [0.5, 0.6) is 0 Å². The van der Waals surface area contributed by atoms with Crippen LogP contribution in [0.25, 0.3) is 11.3 Å². The number of benzene rings is 2. The molecule has 2 aromatic carbocycles. The highest BCUT2D eigenvalue weighted by atomic mass is 79.9. The van der Waals surface area contributed by atoms with E-state index in [2.05, 4.69) is 26.3 Å². The molecule has 6 heteroatoms. The fourth-order valence-corrected chi connectivity index (χ4v) is 2.85. The molecule has 0 saturated heterocycles. The second-order valence-corrected chi connectivity index (χ2v) is 5.68. The smallest absolute Gasteiger partial charge is 0.128 e. The van der Waals surface area contributed by atoms with Crippen LogP contribution < -0.4 is 5.32 Å². The van der Waals surface area contributed by atoms with Crippen LogP contribution in [0.3, 0.4) is 0 Å². The van der Waals surface area contributed by atoms with E-state index in [4.69, 9.17) is 0 Å². The second-order valence-electron chi connectivity index (χ2n) is 4.83. The first kappa shape index (κ1) is 14.7. The van der Waals surface area contributed by atoms with Gasteiger partial charge in [-0.15, -0.1) is 0 Å². The van der Waals surface area contributed by atoms with Crippen molar-refractivity contribution in [3.63, 3.8) is 0 Å². The summed E-state index contributed by atoms with van der Waals surface area (Å²) in [7, 11) is 1.85. The standard InChI is InChI=1S/C16H12BrF2N3/c1-22-16(15(17)9-20-22)10-3-2-4-13(5-10)21-14-7-11(18)6-12(19)8-14/h2-9,21H,1H3. The molecule has 0 atom stereocenters. The molecule has 112 valence electrons. The van der Waals surface area contributed by atoms with Gasteiger partial charge in [0.1, 0.15) is 11.6 Å². The van der Waals surface area contributed by atoms with Crippen LogP contribution in [0, 0.1) is 11.6 Å². The topological polar surface area (TPSA) is 29.9 Å². The zero-order valence-corrected chi connectivity index (χ0v) is 13.2. The first-order valence-corrected chi connectivity index (χ1v) is 7.33. The maximum atomic E-state index is 13.2. The number of nitrogens with zero attached hydrogens (tertiary/aromatic N) is 2. The number of nitrogens with one attached hydrogen (secondary N) is 1. The molecule has 1 N–H and O–H groups in total. The van der Waals surface area contributed by atoms with Gasteiger partial charge in [0.25, 0.3) is 0 Å². The molecule has 0 aliphatic rings. The van der Waals surface area contributed by atoms with Crippen LogP contribution in [0.1, 0.15) is 0 Å². The molecule has 3 aromatic rings. The van der Waals surface area contributed by atoms with E-state index in [0.717, 1.165) is 27.5 Å². The number of aromatic nitrogens is 2. The first-order chi connectivity index (χ1) is 10.5. The lowest BCUT2D eigenvalue weighted by Gasteiger charge is -2.09. The zero-order valence-electron chi connectivity index (χ0n) is 11.6. The number of aryl methyl sites for hydroxylation is 1. The van der Waals surface area contributed by atoms with E-state index < -0.39 is 11.6 Å². The predicted octanol–water partition coefficient (Wildman–Crippen LogP) is 4.87. The SMILES string of the molecule is Cn1ncc(Br)c1-c1cccc(Nc2cc(F)cc(F)c2)c1. The van der Waals surface area contributed by atoms with Crippen LogP contribution in [0.15, 0.2) is 53.1 Å². The Balaban J connectivity index is 1.95. The summed E-state index contributed by atoms with van der Waals surface area (Å²) in [6.45, 7) is 0. The van der Waals surface area contributed by atoms with Crippen molar-refractivity contribution in [2.45, 2.75) is 0 Å². The van der Waals surface area contributed by atoms with Crippen molar-refractivity contribution in [3.8, 4) is 11.3 Å². The van der Waals surface area contributed by atoms with Gasteiger partial charge in [0.2, 0.25) is 0 Å². The van der Waals surface area contributed by atoms with Gasteiger partial charge in [-0.1, -0.05) is 12.1 Å². The molecular formula is C16H12BrF2N3. The Bertz CT molecular complexity index is 790. The highest BCUT2D eigenvalue weighted by Crippen LogP contribution is 2.30. The minimum Gasteiger partial charge on any atom is -0.355 e. The maximum absolute atomic E-state index is 13.2. The lowest BCUT2D eigenvalue weighted by atomic mass is 10.1. The predicted molar refractivity (Wildman–Crippen MR) is 86.0 cm³/mol. The van der Waals surface area contributed by atoms with E-state index in [9.17, 15) is 8.78 Å². The normalized spacial score (nSPS) is 10.7. The minimum atomic E-state index is -0.618. The monoisotopic (exact) mass is 363 g/mol. The van der Waals surface area contributed by atoms with Gasteiger partial charge in [-0.05, 0) is 40.2 Å². The molecule has 3 nitrogen and oxygen atoms in total. The van der Waals surface area contributed by atoms with Gasteiger partial charge in [-0.2, -0.15) is 5.10 Å². The van der Waals surface area contributed by atoms with Gasteiger partial charge in [-0.3, -0.25) is 4.68 Å². The fraction of sp³-hybridized carbons (Fsp3) is 0.0625. The number of hydrogen-bond acceptors (Lipinski definition) is 2. The molecule has 0 radical (unpaired) electrons. The minimum absolute atomic E-state index is 0.360. The van der Waals surface area contributed by atoms with E-state index in [-0.39, 0.29) is 0 Å². The Labute approximate surface area is 134 Å². The van der Waals surface area contributed by atoms with Gasteiger partial charge in [-0.25, -0.2) is 8.78 Å². The maximum Gasteiger partial charge on any atom is 0.128 e. The Morgan fingerprint density at radius 2 is 1.77 bits per heavy atom. The van der Waals surface area contributed by atoms with Crippen molar-refractivity contribution in [3.05, 3.63) is 64.8 Å². The molecule has 0 unspecified atom stereocenters. The molecule has 0 bridgehead atoms. The number of rotatable bonds is 3. The van der Waals surface area contributed by atoms with Crippen LogP contribution in [0.2, 0.25) is 0 Å². The van der Waals surface area contributed by atoms with E-state index in [1.165, 1.54) is 12.1 Å². The third kappa shape index (κ3) is 3.01. The highest BCUT2D eigenvalue weighted by Gasteiger charge is 2.09. The molecule has 3 rings (SSSR count). The van der Waals surface area contributed by atoms with Gasteiger partial charge in [0.05, 0.1) is 16.4 Å². The van der Waals surface area contributed by atoms with E-state index >= 15 is 0 Å². The third-order valence-electron chi connectivity index (χ3n) is 3.18. The average Bonchev–Trinajstić information content (AvgIpc) is 2.77. The van der Waals surface area contributed by atoms with Gasteiger partial charge in [0.15, 0.2) is 0 Å². The molecule has 1 heterocycles. The van der Waals surface area contributed by atoms with Crippen LogP contribution in [-0.2, 0) is 7.05 Å². The molecule has 22 heavy (non-hydrogen) atoms. The van der Waals surface area contributed by atoms with Crippen molar-refractivity contribution in [1.29, 1.82) is 0 Å². The summed E-state index contributed by atoms with van der Waals surface area (Å²) < 4.78 is 29.1. The zero-order chi connectivity index (χ0) is 15.7. The Kier molecular flexibility index (Phi) is 3.94. The van der Waals surface area contributed by atoms with E-state index in [0.29, 0.717) is 5.69 Å². The van der Waals surface area contributed by atoms with Crippen molar-refractivity contribution in [1.82, 2.24) is 9.78 Å². The van der Waals surface area contributed by atoms with Crippen molar-refractivity contribution in [2.24, 2.45) is 7.05 Å². The summed E-state index contributed by atoms with van der Waals surface area (Å²) >= 11 is 3.46. The van der Waals surface area contributed by atoms with Gasteiger partial charge >= 0.3 is 0 Å². The summed E-state index contributed by atoms with van der Waals surface area (Å²) in [6.07, 6.45) is 1.72. The summed E-state index contributed by atoms with van der Waals surface area (Å²) in [5, 5.41) is 7.18. The van der Waals surface area contributed by atoms with Crippen molar-refractivity contribution < 1.29 is 8.78 Å². The molecule has 0 saturated carbocycles. The van der Waals surface area contributed by atoms with Gasteiger partial charge in [0, 0.05) is 30.1 Å². The fourth-order valence-electron chi connectivity index (χ4n) is 2.27. The largest absolute Gasteiger partial charge is 0.355 e. The Morgan fingerprint density at radius 3 is 2.41 bits per heavy atom. The quantitative estimate of drug-likeness (QED) is 0.719. The Hall–Kier alpha value is -2.21. The second kappa shape index (κ2) is 5.88. The van der Waals surface area contributed by atoms with Gasteiger partial charge < -0.3 is 5.32 Å². The van der Waals surface area contributed by atoms with Crippen LogP contribution in [-0.4, -0.2) is 9.78 Å². The lowest BCUT2D eigenvalue weighted by Crippen LogP contribution is -1.96. The molecule has 0 amide bonds. The lowest BCUT2D eigenvalue weighted by molar-refractivity contribution is 0.584. The molecule has 0 aliphatic carbocycles. The third-order valence-corrected chi connectivity index (χ3v) is 3.76. The van der Waals surface area contributed by atoms with Crippen molar-refractivity contribution in [2.75, 3.05) is 5.32 Å². The summed E-state index contributed by atoms with van der Waals surface area (Å²) in [4.78, 5) is 0. The number of hydrogen-bond donors (Lipinski definition) is 1. The molecule has 0 spiro atoms. The first-order valence-electron chi connectivity index (χ1n) is 6.54. The molecule has 1 aromatic heterocycles. The number of anilines is 2. The summed E-state index contributed by atoms with van der Waals surface area (Å²) in [6, 6.07) is 10.9. The van der Waals surface area contributed by atoms with E-state index in [1.54, 1.807) is 10.9 Å².